The Labute approximate surface area is 133 Å². The predicted octanol–water partition coefficient (Wildman–Crippen LogP) is 7.51. The van der Waals surface area contributed by atoms with Gasteiger partial charge in [0.1, 0.15) is 0 Å². The molecule has 20 heavy (non-hydrogen) atoms. The van der Waals surface area contributed by atoms with Crippen molar-refractivity contribution >= 4 is 18.4 Å². The van der Waals surface area contributed by atoms with Gasteiger partial charge >= 0.3 is 134 Å². The Balaban J connectivity index is 4.76. The average molecular weight is 387 g/mol. The fourth-order valence-corrected chi connectivity index (χ4v) is 19.3. The van der Waals surface area contributed by atoms with E-state index in [0.717, 1.165) is 0 Å². The molecule has 1 heteroatoms. The van der Waals surface area contributed by atoms with Crippen LogP contribution >= 0.6 is 0 Å². The topological polar surface area (TPSA) is 0 Å². The maximum atomic E-state index is 4.65. The molecule has 0 heterocycles. The summed E-state index contributed by atoms with van der Waals surface area (Å²) >= 11 is -2.06. The Morgan fingerprint density at radius 3 is 1.40 bits per heavy atom. The zero-order chi connectivity index (χ0) is 15.3. The maximum absolute atomic E-state index is 4.65. The number of hydrogen-bond acceptors (Lipinski definition) is 0. The first-order chi connectivity index (χ1) is 9.66. The van der Waals surface area contributed by atoms with E-state index in [1.807, 2.05) is 0 Å². The first-order valence-electron chi connectivity index (χ1n) is 9.35. The summed E-state index contributed by atoms with van der Waals surface area (Å²) in [4.78, 5) is 0. The molecule has 0 aliphatic carbocycles. The van der Waals surface area contributed by atoms with Gasteiger partial charge < -0.3 is 0 Å². The van der Waals surface area contributed by atoms with Crippen molar-refractivity contribution in [3.63, 3.8) is 0 Å². The molecule has 0 saturated heterocycles. The molecule has 0 nitrogen and oxygen atoms in total. The van der Waals surface area contributed by atoms with Gasteiger partial charge in [-0.3, -0.25) is 0 Å². The van der Waals surface area contributed by atoms with Crippen LogP contribution in [0.3, 0.4) is 0 Å². The molecule has 0 amide bonds. The second-order valence-corrected chi connectivity index (χ2v) is 20.3. The summed E-state index contributed by atoms with van der Waals surface area (Å²) in [5.41, 5.74) is 0. The van der Waals surface area contributed by atoms with Gasteiger partial charge in [-0.25, -0.2) is 0 Å². The molecule has 0 unspecified atom stereocenters. The molecule has 0 bridgehead atoms. The van der Waals surface area contributed by atoms with Crippen LogP contribution < -0.4 is 0 Å². The number of hydrogen-bond donors (Lipinski definition) is 0. The minimum absolute atomic E-state index is 1.34. The third-order valence-electron chi connectivity index (χ3n) is 4.86. The van der Waals surface area contributed by atoms with E-state index in [2.05, 4.69) is 34.3 Å². The van der Waals surface area contributed by atoms with Crippen molar-refractivity contribution in [1.82, 2.24) is 0 Å². The van der Waals surface area contributed by atoms with Crippen molar-refractivity contribution in [3.05, 3.63) is 10.2 Å². The molecule has 0 spiro atoms. The third kappa shape index (κ3) is 8.10. The van der Waals surface area contributed by atoms with Gasteiger partial charge in [0.25, 0.3) is 0 Å². The van der Waals surface area contributed by atoms with Crippen LogP contribution in [-0.4, -0.2) is 18.4 Å². The van der Waals surface area contributed by atoms with Crippen molar-refractivity contribution in [2.24, 2.45) is 0 Å². The molecule has 0 radical (unpaired) electrons. The summed E-state index contributed by atoms with van der Waals surface area (Å²) in [6, 6.07) is 0. The summed E-state index contributed by atoms with van der Waals surface area (Å²) in [7, 11) is 0. The second kappa shape index (κ2) is 13.2. The van der Waals surface area contributed by atoms with Crippen LogP contribution in [0.15, 0.2) is 10.2 Å². The molecule has 120 valence electrons. The first-order valence-corrected chi connectivity index (χ1v) is 16.8. The predicted molar refractivity (Wildman–Crippen MR) is 98.2 cm³/mol. The zero-order valence-electron chi connectivity index (χ0n) is 14.9. The summed E-state index contributed by atoms with van der Waals surface area (Å²) in [6.07, 6.45) is 14.0. The fraction of sp³-hybridized carbons (Fsp3) is 0.895. The van der Waals surface area contributed by atoms with Gasteiger partial charge in [0.15, 0.2) is 0 Å². The van der Waals surface area contributed by atoms with Crippen LogP contribution in [0.5, 0.6) is 0 Å². The quantitative estimate of drug-likeness (QED) is 0.214. The Kier molecular flexibility index (Phi) is 13.6. The van der Waals surface area contributed by atoms with Crippen LogP contribution in [0.25, 0.3) is 0 Å². The molecule has 0 aliphatic rings. The van der Waals surface area contributed by atoms with E-state index in [9.17, 15) is 0 Å². The second-order valence-electron chi connectivity index (χ2n) is 6.65. The van der Waals surface area contributed by atoms with Gasteiger partial charge in [-0.15, -0.1) is 0 Å². The fourth-order valence-electron chi connectivity index (χ4n) is 3.30. The van der Waals surface area contributed by atoms with Crippen LogP contribution in [0.2, 0.25) is 13.3 Å². The third-order valence-corrected chi connectivity index (χ3v) is 21.1. The van der Waals surface area contributed by atoms with Crippen LogP contribution in [-0.2, 0) is 0 Å². The van der Waals surface area contributed by atoms with Crippen LogP contribution in [0.4, 0.5) is 0 Å². The number of allylic oxidation sites excluding steroid dienone is 1. The molecule has 0 aliphatic heterocycles. The molecule has 0 saturated carbocycles. The molecule has 0 fully saturated rings. The SMILES string of the molecule is C=[C](CCCCC)[Sn]([CH2]CCC)([CH2]CCC)[CH2]CCC. The van der Waals surface area contributed by atoms with Crippen molar-refractivity contribution in [3.8, 4) is 0 Å². The summed E-state index contributed by atoms with van der Waals surface area (Å²) in [5.74, 6) is 0. The van der Waals surface area contributed by atoms with Crippen molar-refractivity contribution in [2.75, 3.05) is 0 Å². The normalized spacial score (nSPS) is 11.8. The molecule has 0 atom stereocenters. The van der Waals surface area contributed by atoms with E-state index >= 15 is 0 Å². The van der Waals surface area contributed by atoms with E-state index in [1.54, 1.807) is 16.9 Å². The standard InChI is InChI=1S/C7H13.3C4H9.Sn/c1-3-5-7-6-4-2;3*1-3-4-2;/h1,4-7H2,2H3;3*1,3-4H2,2H3;. The molecule has 0 aromatic rings. The van der Waals surface area contributed by atoms with Gasteiger partial charge in [-0.05, 0) is 0 Å². The van der Waals surface area contributed by atoms with Gasteiger partial charge in [-0.1, -0.05) is 0 Å². The molecular formula is C19H40Sn. The van der Waals surface area contributed by atoms with Crippen molar-refractivity contribution in [1.29, 1.82) is 0 Å². The molecule has 0 N–H and O–H groups in total. The molecular weight excluding hydrogens is 347 g/mol. The minimum atomic E-state index is -2.06. The van der Waals surface area contributed by atoms with E-state index in [1.165, 1.54) is 64.2 Å². The van der Waals surface area contributed by atoms with E-state index in [-0.39, 0.29) is 0 Å². The zero-order valence-corrected chi connectivity index (χ0v) is 17.8. The Morgan fingerprint density at radius 2 is 1.05 bits per heavy atom. The first kappa shape index (κ1) is 20.5. The van der Waals surface area contributed by atoms with Gasteiger partial charge in [0, 0.05) is 0 Å². The Morgan fingerprint density at radius 1 is 0.650 bits per heavy atom. The molecule has 0 aromatic carbocycles. The monoisotopic (exact) mass is 388 g/mol. The van der Waals surface area contributed by atoms with Gasteiger partial charge in [0.2, 0.25) is 0 Å². The summed E-state index contributed by atoms with van der Waals surface area (Å²) in [6.45, 7) is 14.0. The van der Waals surface area contributed by atoms with Crippen molar-refractivity contribution < 1.29 is 0 Å². The van der Waals surface area contributed by atoms with Crippen LogP contribution in [0.1, 0.15) is 91.9 Å². The van der Waals surface area contributed by atoms with Crippen molar-refractivity contribution in [2.45, 2.75) is 105 Å². The summed E-state index contributed by atoms with van der Waals surface area (Å²) in [5, 5.41) is 0. The number of rotatable bonds is 14. The Hall–Kier alpha value is 0.539. The van der Waals surface area contributed by atoms with E-state index < -0.39 is 18.4 Å². The average Bonchev–Trinajstić information content (AvgIpc) is 2.47. The number of unbranched alkanes of at least 4 members (excludes halogenated alkanes) is 5. The molecule has 0 rings (SSSR count). The van der Waals surface area contributed by atoms with Gasteiger partial charge in [-0.2, -0.15) is 0 Å². The van der Waals surface area contributed by atoms with E-state index in [0.29, 0.717) is 0 Å². The summed E-state index contributed by atoms with van der Waals surface area (Å²) < 4.78 is 6.57. The Bertz CT molecular complexity index is 210. The van der Waals surface area contributed by atoms with E-state index in [4.69, 9.17) is 0 Å². The molecule has 0 aromatic heterocycles. The van der Waals surface area contributed by atoms with Crippen LogP contribution in [0, 0.1) is 0 Å². The van der Waals surface area contributed by atoms with Gasteiger partial charge in [0.05, 0.1) is 0 Å².